The quantitative estimate of drug-likeness (QED) is 0.202. The van der Waals surface area contributed by atoms with Crippen LogP contribution in [0.2, 0.25) is 0 Å². The van der Waals surface area contributed by atoms with Crippen molar-refractivity contribution >= 4 is 11.8 Å². The number of hydrogen-bond donors (Lipinski definition) is 0. The number of carbonyl (C=O) groups excluding carboxylic acids is 2. The van der Waals surface area contributed by atoms with Crippen molar-refractivity contribution in [3.63, 3.8) is 0 Å². The molecule has 0 saturated heterocycles. The van der Waals surface area contributed by atoms with Crippen LogP contribution >= 0.6 is 0 Å². The van der Waals surface area contributed by atoms with Crippen molar-refractivity contribution in [2.45, 2.75) is 26.1 Å². The van der Waals surface area contributed by atoms with Crippen LogP contribution in [-0.2, 0) is 15.7 Å². The number of nitriles is 1. The van der Waals surface area contributed by atoms with Crippen LogP contribution in [0.15, 0.2) is 78.9 Å². The summed E-state index contributed by atoms with van der Waals surface area (Å²) in [7, 11) is 0. The number of nitrogens with zero attached hydrogens (tertiary/aromatic N) is 1. The van der Waals surface area contributed by atoms with Crippen molar-refractivity contribution in [3.8, 4) is 17.6 Å². The predicted molar refractivity (Wildman–Crippen MR) is 122 cm³/mol. The van der Waals surface area contributed by atoms with Crippen LogP contribution in [0.5, 0.6) is 11.5 Å². The van der Waals surface area contributed by atoms with E-state index in [0.29, 0.717) is 17.1 Å². The van der Waals surface area contributed by atoms with Crippen molar-refractivity contribution in [1.29, 1.82) is 5.26 Å². The largest absolute Gasteiger partial charge is 0.457 e. The topological polar surface area (TPSA) is 76.4 Å². The van der Waals surface area contributed by atoms with Crippen molar-refractivity contribution in [3.05, 3.63) is 95.6 Å². The van der Waals surface area contributed by atoms with Crippen molar-refractivity contribution in [2.24, 2.45) is 11.8 Å². The number of Topliss-reactive ketones (excluding diaryl/α,β-unsaturated/α-hetero) is 1. The summed E-state index contributed by atoms with van der Waals surface area (Å²) in [5.74, 6) is -2.44. The first-order chi connectivity index (χ1) is 16.6. The minimum atomic E-state index is -4.54. The summed E-state index contributed by atoms with van der Waals surface area (Å²) in [4.78, 5) is 25.9. The molecule has 0 radical (unpaired) electrons. The third-order valence-electron chi connectivity index (χ3n) is 5.19. The minimum Gasteiger partial charge on any atom is -0.457 e. The molecule has 8 heteroatoms. The van der Waals surface area contributed by atoms with E-state index in [9.17, 15) is 28.0 Å². The highest BCUT2D eigenvalue weighted by Gasteiger charge is 2.35. The van der Waals surface area contributed by atoms with E-state index in [-0.39, 0.29) is 5.56 Å². The maximum absolute atomic E-state index is 13.0. The number of ketones is 1. The molecular formula is C27H22F3NO4. The lowest BCUT2D eigenvalue weighted by Crippen LogP contribution is -2.31. The molecule has 3 aromatic carbocycles. The van der Waals surface area contributed by atoms with Gasteiger partial charge in [-0.2, -0.15) is 18.4 Å². The number of carbonyl (C=O) groups is 2. The zero-order valence-corrected chi connectivity index (χ0v) is 19.0. The minimum absolute atomic E-state index is 0.0552. The molecular weight excluding hydrogens is 459 g/mol. The number of hydrogen-bond acceptors (Lipinski definition) is 5. The molecule has 0 spiro atoms. The number of para-hydroxylation sites is 1. The molecule has 0 fully saturated rings. The van der Waals surface area contributed by atoms with E-state index < -0.39 is 41.4 Å². The second-order valence-electron chi connectivity index (χ2n) is 8.09. The summed E-state index contributed by atoms with van der Waals surface area (Å²) in [6, 6.07) is 20.9. The number of benzene rings is 3. The van der Waals surface area contributed by atoms with Crippen LogP contribution < -0.4 is 4.74 Å². The Morgan fingerprint density at radius 2 is 1.51 bits per heavy atom. The van der Waals surface area contributed by atoms with Gasteiger partial charge in [0.05, 0.1) is 5.56 Å². The maximum Gasteiger partial charge on any atom is 0.416 e. The Balaban J connectivity index is 1.78. The molecule has 0 aliphatic heterocycles. The van der Waals surface area contributed by atoms with Crippen LogP contribution in [-0.4, -0.2) is 11.8 Å². The third kappa shape index (κ3) is 6.48. The van der Waals surface area contributed by atoms with Gasteiger partial charge in [0.2, 0.25) is 6.10 Å². The molecule has 180 valence electrons. The highest BCUT2D eigenvalue weighted by Crippen LogP contribution is 2.31. The number of ether oxygens (including phenoxy) is 2. The van der Waals surface area contributed by atoms with E-state index in [4.69, 9.17) is 9.47 Å². The van der Waals surface area contributed by atoms with Gasteiger partial charge in [-0.1, -0.05) is 56.3 Å². The molecule has 0 N–H and O–H groups in total. The van der Waals surface area contributed by atoms with E-state index >= 15 is 0 Å². The van der Waals surface area contributed by atoms with Crippen LogP contribution in [0, 0.1) is 23.2 Å². The molecule has 3 rings (SSSR count). The first-order valence-electron chi connectivity index (χ1n) is 10.7. The zero-order valence-electron chi connectivity index (χ0n) is 19.0. The fraction of sp³-hybridized carbons (Fsp3) is 0.222. The van der Waals surface area contributed by atoms with Gasteiger partial charge in [-0.05, 0) is 42.3 Å². The SMILES string of the molecule is CC(C)C(C(=O)OC(C#N)c1cccc(Oc2ccccc2)c1)C(=O)c1ccc(C(F)(F)F)cc1. The lowest BCUT2D eigenvalue weighted by Gasteiger charge is -2.21. The molecule has 0 saturated carbocycles. The van der Waals surface area contributed by atoms with E-state index in [1.54, 1.807) is 62.4 Å². The molecule has 0 amide bonds. The fourth-order valence-electron chi connectivity index (χ4n) is 3.41. The van der Waals surface area contributed by atoms with Gasteiger partial charge in [0.15, 0.2) is 5.78 Å². The number of alkyl halides is 3. The van der Waals surface area contributed by atoms with Crippen LogP contribution in [0.1, 0.15) is 41.4 Å². The number of rotatable bonds is 8. The molecule has 5 nitrogen and oxygen atoms in total. The Labute approximate surface area is 200 Å². The van der Waals surface area contributed by atoms with Gasteiger partial charge in [-0.25, -0.2) is 0 Å². The molecule has 2 atom stereocenters. The summed E-state index contributed by atoms with van der Waals surface area (Å²) in [5.41, 5.74) is -0.612. The number of halogens is 3. The average Bonchev–Trinajstić information content (AvgIpc) is 2.82. The Morgan fingerprint density at radius 1 is 0.886 bits per heavy atom. The Hall–Kier alpha value is -4.12. The van der Waals surface area contributed by atoms with Gasteiger partial charge in [-0.3, -0.25) is 9.59 Å². The second kappa shape index (κ2) is 10.9. The third-order valence-corrected chi connectivity index (χ3v) is 5.19. The highest BCUT2D eigenvalue weighted by molar-refractivity contribution is 6.08. The van der Waals surface area contributed by atoms with Gasteiger partial charge in [0.1, 0.15) is 23.5 Å². The van der Waals surface area contributed by atoms with E-state index in [2.05, 4.69) is 0 Å². The van der Waals surface area contributed by atoms with Gasteiger partial charge < -0.3 is 9.47 Å². The lowest BCUT2D eigenvalue weighted by molar-refractivity contribution is -0.151. The van der Waals surface area contributed by atoms with Crippen molar-refractivity contribution in [2.75, 3.05) is 0 Å². The monoisotopic (exact) mass is 481 g/mol. The highest BCUT2D eigenvalue weighted by atomic mass is 19.4. The van der Waals surface area contributed by atoms with Gasteiger partial charge in [0, 0.05) is 11.1 Å². The first-order valence-corrected chi connectivity index (χ1v) is 10.7. The van der Waals surface area contributed by atoms with E-state index in [1.165, 1.54) is 0 Å². The predicted octanol–water partition coefficient (Wildman–Crippen LogP) is 6.76. The smallest absolute Gasteiger partial charge is 0.416 e. The molecule has 2 unspecified atom stereocenters. The summed E-state index contributed by atoms with van der Waals surface area (Å²) in [6.07, 6.45) is -5.86. The molecule has 35 heavy (non-hydrogen) atoms. The fourth-order valence-corrected chi connectivity index (χ4v) is 3.41. The second-order valence-corrected chi connectivity index (χ2v) is 8.09. The van der Waals surface area contributed by atoms with Crippen LogP contribution in [0.4, 0.5) is 13.2 Å². The Bertz CT molecular complexity index is 1220. The average molecular weight is 481 g/mol. The lowest BCUT2D eigenvalue weighted by atomic mass is 9.87. The molecule has 0 aliphatic rings. The van der Waals surface area contributed by atoms with Crippen LogP contribution in [0.25, 0.3) is 0 Å². The Kier molecular flexibility index (Phi) is 7.92. The molecule has 0 aromatic heterocycles. The normalized spacial score (nSPS) is 12.9. The summed E-state index contributed by atoms with van der Waals surface area (Å²) in [6.45, 7) is 3.23. The molecule has 0 aliphatic carbocycles. The zero-order chi connectivity index (χ0) is 25.6. The van der Waals surface area contributed by atoms with E-state index in [0.717, 1.165) is 24.3 Å². The van der Waals surface area contributed by atoms with Gasteiger partial charge in [-0.15, -0.1) is 0 Å². The Morgan fingerprint density at radius 3 is 2.09 bits per heavy atom. The van der Waals surface area contributed by atoms with Crippen molar-refractivity contribution < 1.29 is 32.2 Å². The molecule has 0 bridgehead atoms. The van der Waals surface area contributed by atoms with Crippen LogP contribution in [0.3, 0.4) is 0 Å². The summed E-state index contributed by atoms with van der Waals surface area (Å²) >= 11 is 0. The van der Waals surface area contributed by atoms with Crippen molar-refractivity contribution in [1.82, 2.24) is 0 Å². The molecule has 0 heterocycles. The number of esters is 1. The summed E-state index contributed by atoms with van der Waals surface area (Å²) < 4.78 is 49.6. The summed E-state index contributed by atoms with van der Waals surface area (Å²) in [5, 5.41) is 9.63. The molecule has 3 aromatic rings. The maximum atomic E-state index is 13.0. The standard InChI is InChI=1S/C27H22F3NO4/c1-17(2)24(25(32)18-11-13-20(14-12-18)27(28,29)30)26(33)35-23(16-31)19-7-6-10-22(15-19)34-21-8-4-3-5-9-21/h3-15,17,23-24H,1-2H3. The van der Waals surface area contributed by atoms with Gasteiger partial charge in [0.25, 0.3) is 0 Å². The van der Waals surface area contributed by atoms with E-state index in [1.807, 2.05) is 12.1 Å². The van der Waals surface area contributed by atoms with Gasteiger partial charge >= 0.3 is 12.1 Å². The first kappa shape index (κ1) is 25.5.